The van der Waals surface area contributed by atoms with Gasteiger partial charge in [0.15, 0.2) is 0 Å². The van der Waals surface area contributed by atoms with Gasteiger partial charge in [-0.1, -0.05) is 0 Å². The van der Waals surface area contributed by atoms with E-state index >= 15 is 8.78 Å². The van der Waals surface area contributed by atoms with E-state index in [1.54, 1.807) is 30.3 Å². The number of hydrogen-bond acceptors (Lipinski definition) is 3. The number of allylic oxidation sites excluding steroid dienone is 2. The van der Waals surface area contributed by atoms with Gasteiger partial charge in [-0.15, -0.1) is 0 Å². The van der Waals surface area contributed by atoms with Gasteiger partial charge in [-0.3, -0.25) is 0 Å². The van der Waals surface area contributed by atoms with Crippen LogP contribution in [0.2, 0.25) is 0 Å². The van der Waals surface area contributed by atoms with Gasteiger partial charge in [-0.05, 0) is 0 Å². The van der Waals surface area contributed by atoms with Crippen molar-refractivity contribution in [3.63, 3.8) is 0 Å². The SMILES string of the molecule is CC(/C=C(\C)[N]([Sn][O]C(c1ccccc1)c1c(F)c(F)c(F)c(F)c1F)c1c(C(C)C)cccc1C(C)C)=Nc1c(C(C)C)cccc1C(C)C. The van der Waals surface area contributed by atoms with Crippen molar-refractivity contribution in [3.05, 3.63) is 141 Å². The van der Waals surface area contributed by atoms with Crippen LogP contribution < -0.4 is 3.12 Å². The Labute approximate surface area is 310 Å². The number of nitrogens with zero attached hydrogens (tertiary/aromatic N) is 2. The molecule has 0 saturated carbocycles. The van der Waals surface area contributed by atoms with Gasteiger partial charge in [0.25, 0.3) is 0 Å². The Balaban J connectivity index is 1.94. The van der Waals surface area contributed by atoms with E-state index in [2.05, 4.69) is 88.8 Å². The molecule has 0 bridgehead atoms. The molecule has 0 N–H and O–H groups in total. The molecule has 0 heterocycles. The number of benzene rings is 4. The maximum absolute atomic E-state index is 15.4. The standard InChI is InChI=1S/C29H41N2.C13H6F5O.Sn/c1-18(2)24-13-11-14-25(19(3)4)28(24)30-22(9)17-23(10)31-29-26(20(5)6)15-12-16-27(29)21(7)8;14-8-7(9(15)11(17)12(18)10(8)16)13(19)6-4-2-1-3-5-6;/h11-21H,1-10H3;1-5,13H;/q2*-1;+2/b22-17+,31-23?;;. The molecular formula is C42H47F5N2OSn. The van der Waals surface area contributed by atoms with Crippen LogP contribution in [0.1, 0.15) is 132 Å². The van der Waals surface area contributed by atoms with Crippen LogP contribution >= 0.6 is 0 Å². The zero-order valence-corrected chi connectivity index (χ0v) is 33.9. The minimum atomic E-state index is -2.44. The predicted molar refractivity (Wildman–Crippen MR) is 200 cm³/mol. The summed E-state index contributed by atoms with van der Waals surface area (Å²) >= 11 is -2.44. The van der Waals surface area contributed by atoms with Gasteiger partial charge in [0.1, 0.15) is 0 Å². The van der Waals surface area contributed by atoms with E-state index in [-0.39, 0.29) is 29.2 Å². The van der Waals surface area contributed by atoms with Gasteiger partial charge in [0.05, 0.1) is 0 Å². The first-order valence-electron chi connectivity index (χ1n) is 17.3. The van der Waals surface area contributed by atoms with Crippen molar-refractivity contribution >= 4 is 38.9 Å². The van der Waals surface area contributed by atoms with E-state index in [9.17, 15) is 13.2 Å². The van der Waals surface area contributed by atoms with Crippen LogP contribution in [-0.4, -0.2) is 27.5 Å². The number of para-hydroxylation sites is 2. The Morgan fingerprint density at radius 1 is 0.608 bits per heavy atom. The van der Waals surface area contributed by atoms with Crippen molar-refractivity contribution in [2.75, 3.05) is 3.12 Å². The zero-order valence-electron chi connectivity index (χ0n) is 31.0. The summed E-state index contributed by atoms with van der Waals surface area (Å²) in [5, 5.41) is 0. The summed E-state index contributed by atoms with van der Waals surface area (Å²) in [6, 6.07) is 20.5. The molecule has 0 amide bonds. The second-order valence-electron chi connectivity index (χ2n) is 14.0. The number of halogens is 5. The van der Waals surface area contributed by atoms with Gasteiger partial charge in [0.2, 0.25) is 0 Å². The zero-order chi connectivity index (χ0) is 37.7. The molecule has 0 fully saturated rings. The van der Waals surface area contributed by atoms with Crippen LogP contribution in [0.25, 0.3) is 0 Å². The third-order valence-corrected chi connectivity index (χ3v) is 12.0. The van der Waals surface area contributed by atoms with Crippen molar-refractivity contribution in [1.29, 1.82) is 0 Å². The summed E-state index contributed by atoms with van der Waals surface area (Å²) in [6.07, 6.45) is 0.426. The summed E-state index contributed by atoms with van der Waals surface area (Å²) in [5.41, 5.74) is 7.04. The molecule has 0 aromatic heterocycles. The summed E-state index contributed by atoms with van der Waals surface area (Å²) < 4.78 is 82.8. The summed E-state index contributed by atoms with van der Waals surface area (Å²) in [5.74, 6) is -9.31. The maximum atomic E-state index is 15.4. The van der Waals surface area contributed by atoms with Crippen LogP contribution in [0, 0.1) is 29.1 Å². The number of hydrogen-bond donors (Lipinski definition) is 0. The molecule has 0 aliphatic rings. The van der Waals surface area contributed by atoms with E-state index < -0.39 is 62.6 Å². The van der Waals surface area contributed by atoms with Crippen LogP contribution in [0.15, 0.2) is 83.5 Å². The van der Waals surface area contributed by atoms with Gasteiger partial charge in [-0.2, -0.15) is 0 Å². The van der Waals surface area contributed by atoms with Crippen LogP contribution in [0.4, 0.5) is 33.3 Å². The molecule has 3 nitrogen and oxygen atoms in total. The summed E-state index contributed by atoms with van der Waals surface area (Å²) in [6.45, 7) is 20.8. The average Bonchev–Trinajstić information content (AvgIpc) is 3.09. The van der Waals surface area contributed by atoms with E-state index in [0.717, 1.165) is 45.0 Å². The molecule has 2 radical (unpaired) electrons. The molecular weight excluding hydrogens is 762 g/mol. The number of aliphatic imine (C=N–C) groups is 1. The third-order valence-electron chi connectivity index (χ3n) is 8.84. The first kappa shape index (κ1) is 40.3. The van der Waals surface area contributed by atoms with Crippen LogP contribution in [0.5, 0.6) is 0 Å². The van der Waals surface area contributed by atoms with Crippen molar-refractivity contribution in [2.24, 2.45) is 4.99 Å². The molecule has 0 aliphatic heterocycles. The van der Waals surface area contributed by atoms with E-state index in [1.165, 1.54) is 0 Å². The molecule has 0 spiro atoms. The van der Waals surface area contributed by atoms with E-state index in [0.29, 0.717) is 0 Å². The van der Waals surface area contributed by atoms with Gasteiger partial charge >= 0.3 is 312 Å². The van der Waals surface area contributed by atoms with Crippen LogP contribution in [0.3, 0.4) is 0 Å². The molecule has 51 heavy (non-hydrogen) atoms. The molecule has 4 aromatic carbocycles. The monoisotopic (exact) mass is 810 g/mol. The van der Waals surface area contributed by atoms with Crippen LogP contribution in [-0.2, 0) is 3.07 Å². The first-order chi connectivity index (χ1) is 24.1. The van der Waals surface area contributed by atoms with E-state index in [4.69, 9.17) is 8.07 Å². The Kier molecular flexibility index (Phi) is 13.7. The Bertz CT molecular complexity index is 1820. The Hall–Kier alpha value is -3.50. The van der Waals surface area contributed by atoms with Gasteiger partial charge < -0.3 is 0 Å². The number of anilines is 1. The molecule has 4 rings (SSSR count). The molecule has 0 saturated heterocycles. The summed E-state index contributed by atoms with van der Waals surface area (Å²) in [7, 11) is 0. The summed E-state index contributed by atoms with van der Waals surface area (Å²) in [4.78, 5) is 5.15. The van der Waals surface area contributed by atoms with Gasteiger partial charge in [0, 0.05) is 0 Å². The number of rotatable bonds is 13. The minimum absolute atomic E-state index is 0.106. The Morgan fingerprint density at radius 3 is 1.49 bits per heavy atom. The molecule has 1 atom stereocenters. The average molecular weight is 810 g/mol. The molecule has 0 aliphatic carbocycles. The molecule has 1 unspecified atom stereocenters. The van der Waals surface area contributed by atoms with Crippen molar-refractivity contribution in [1.82, 2.24) is 0 Å². The van der Waals surface area contributed by atoms with Crippen molar-refractivity contribution in [3.8, 4) is 0 Å². The third kappa shape index (κ3) is 8.94. The fourth-order valence-electron chi connectivity index (χ4n) is 6.16. The predicted octanol–water partition coefficient (Wildman–Crippen LogP) is 12.7. The van der Waals surface area contributed by atoms with Crippen molar-refractivity contribution < 1.29 is 25.0 Å². The first-order valence-corrected chi connectivity index (χ1v) is 19.8. The second-order valence-corrected chi connectivity index (χ2v) is 16.5. The fourth-order valence-corrected chi connectivity index (χ4v) is 9.08. The van der Waals surface area contributed by atoms with Crippen molar-refractivity contribution in [2.45, 2.75) is 99.0 Å². The normalized spacial score (nSPS) is 13.2. The second kappa shape index (κ2) is 17.3. The molecule has 9 heteroatoms. The molecule has 270 valence electrons. The Morgan fingerprint density at radius 2 is 1.04 bits per heavy atom. The topological polar surface area (TPSA) is 24.8 Å². The van der Waals surface area contributed by atoms with Gasteiger partial charge in [-0.25, -0.2) is 0 Å². The van der Waals surface area contributed by atoms with E-state index in [1.807, 2.05) is 26.0 Å². The quantitative estimate of drug-likeness (QED) is 0.0442. The molecule has 4 aromatic rings. The fraction of sp³-hybridized carbons (Fsp3) is 0.357.